The average Bonchev–Trinajstić information content (AvgIpc) is 2.73. The molecule has 0 aliphatic heterocycles. The number of carbonyl (C=O) groups is 2. The summed E-state index contributed by atoms with van der Waals surface area (Å²) < 4.78 is 0. The number of aromatic nitrogens is 1. The normalized spacial score (nSPS) is 10.2. The number of pyridine rings is 1. The third-order valence-electron chi connectivity index (χ3n) is 3.12. The van der Waals surface area contributed by atoms with Crippen LogP contribution < -0.4 is 10.2 Å². The van der Waals surface area contributed by atoms with Crippen LogP contribution >= 0.6 is 11.3 Å². The maximum absolute atomic E-state index is 12.2. The van der Waals surface area contributed by atoms with Gasteiger partial charge in [0.25, 0.3) is 0 Å². The molecule has 0 aromatic carbocycles. The van der Waals surface area contributed by atoms with Crippen molar-refractivity contribution in [3.63, 3.8) is 0 Å². The van der Waals surface area contributed by atoms with E-state index in [1.807, 2.05) is 6.92 Å². The fraction of sp³-hybridized carbons (Fsp3) is 0.214. The molecular formula is C14H15N3O3S. The highest BCUT2D eigenvalue weighted by Gasteiger charge is 2.22. The Balaban J connectivity index is 2.24. The van der Waals surface area contributed by atoms with Gasteiger partial charge in [0.05, 0.1) is 5.56 Å². The molecule has 0 aliphatic carbocycles. The van der Waals surface area contributed by atoms with Gasteiger partial charge in [0.1, 0.15) is 10.8 Å². The summed E-state index contributed by atoms with van der Waals surface area (Å²) >= 11 is 1.25. The number of carboxylic acid groups (broad SMARTS) is 1. The van der Waals surface area contributed by atoms with E-state index in [4.69, 9.17) is 0 Å². The lowest BCUT2D eigenvalue weighted by Gasteiger charge is -2.16. The standard InChI is InChI=1S/C14H15N3O3S/c1-8-9(2)21-12(11(8)13(18)19)16-14(20)17(3)10-6-4-5-7-15-10/h4-7H,1-3H3,(H,16,20)(H,18,19). The lowest BCUT2D eigenvalue weighted by atomic mass is 10.1. The van der Waals surface area contributed by atoms with Gasteiger partial charge >= 0.3 is 12.0 Å². The SMILES string of the molecule is Cc1sc(NC(=O)N(C)c2ccccn2)c(C(=O)O)c1C. The summed E-state index contributed by atoms with van der Waals surface area (Å²) in [7, 11) is 1.57. The summed E-state index contributed by atoms with van der Waals surface area (Å²) in [5.41, 5.74) is 0.809. The van der Waals surface area contributed by atoms with Crippen molar-refractivity contribution in [3.8, 4) is 0 Å². The quantitative estimate of drug-likeness (QED) is 0.912. The molecule has 2 amide bonds. The Bertz CT molecular complexity index is 682. The molecule has 6 nitrogen and oxygen atoms in total. The van der Waals surface area contributed by atoms with Gasteiger partial charge < -0.3 is 5.11 Å². The number of hydrogen-bond donors (Lipinski definition) is 2. The van der Waals surface area contributed by atoms with E-state index in [0.717, 1.165) is 4.88 Å². The average molecular weight is 305 g/mol. The second-order valence-electron chi connectivity index (χ2n) is 4.47. The van der Waals surface area contributed by atoms with Crippen LogP contribution in [0.1, 0.15) is 20.8 Å². The lowest BCUT2D eigenvalue weighted by molar-refractivity contribution is 0.0697. The number of rotatable bonds is 3. The molecule has 21 heavy (non-hydrogen) atoms. The number of aryl methyl sites for hydroxylation is 1. The first-order valence-electron chi connectivity index (χ1n) is 6.21. The van der Waals surface area contributed by atoms with Crippen LogP contribution in [0.3, 0.4) is 0 Å². The molecule has 0 fully saturated rings. The van der Waals surface area contributed by atoms with Crippen LogP contribution in [0.25, 0.3) is 0 Å². The number of carboxylic acids is 1. The van der Waals surface area contributed by atoms with Crippen LogP contribution in [-0.4, -0.2) is 29.1 Å². The molecule has 2 rings (SSSR count). The van der Waals surface area contributed by atoms with Crippen LogP contribution in [0, 0.1) is 13.8 Å². The Morgan fingerprint density at radius 1 is 1.33 bits per heavy atom. The molecule has 0 saturated carbocycles. The van der Waals surface area contributed by atoms with Crippen LogP contribution in [0.2, 0.25) is 0 Å². The molecule has 0 aliphatic rings. The van der Waals surface area contributed by atoms with Gasteiger partial charge in [0.15, 0.2) is 0 Å². The molecule has 7 heteroatoms. The number of aromatic carboxylic acids is 1. The third kappa shape index (κ3) is 3.03. The minimum absolute atomic E-state index is 0.139. The molecule has 0 atom stereocenters. The van der Waals surface area contributed by atoms with Crippen molar-refractivity contribution in [2.45, 2.75) is 13.8 Å². The summed E-state index contributed by atoms with van der Waals surface area (Å²) in [5.74, 6) is -0.565. The first-order valence-corrected chi connectivity index (χ1v) is 7.02. The van der Waals surface area contributed by atoms with Crippen molar-refractivity contribution in [1.29, 1.82) is 0 Å². The highest BCUT2D eigenvalue weighted by atomic mass is 32.1. The predicted molar refractivity (Wildman–Crippen MR) is 82.4 cm³/mol. The maximum Gasteiger partial charge on any atom is 0.338 e. The number of nitrogens with one attached hydrogen (secondary N) is 1. The molecule has 2 aromatic heterocycles. The molecule has 0 spiro atoms. The van der Waals surface area contributed by atoms with E-state index in [-0.39, 0.29) is 5.56 Å². The van der Waals surface area contributed by atoms with Gasteiger partial charge in [-0.3, -0.25) is 10.2 Å². The zero-order chi connectivity index (χ0) is 15.6. The summed E-state index contributed by atoms with van der Waals surface area (Å²) in [4.78, 5) is 29.8. The fourth-order valence-corrected chi connectivity index (χ4v) is 2.85. The monoisotopic (exact) mass is 305 g/mol. The van der Waals surface area contributed by atoms with E-state index in [1.54, 1.807) is 38.4 Å². The minimum atomic E-state index is -1.05. The summed E-state index contributed by atoms with van der Waals surface area (Å²) in [6.45, 7) is 3.55. The number of anilines is 2. The van der Waals surface area contributed by atoms with Crippen molar-refractivity contribution in [2.24, 2.45) is 0 Å². The Morgan fingerprint density at radius 2 is 2.05 bits per heavy atom. The molecular weight excluding hydrogens is 290 g/mol. The maximum atomic E-state index is 12.2. The molecule has 0 radical (unpaired) electrons. The Morgan fingerprint density at radius 3 is 2.62 bits per heavy atom. The van der Waals surface area contributed by atoms with Gasteiger partial charge in [0, 0.05) is 18.1 Å². The van der Waals surface area contributed by atoms with E-state index in [0.29, 0.717) is 16.4 Å². The predicted octanol–water partition coefficient (Wildman–Crippen LogP) is 3.13. The number of amides is 2. The number of hydrogen-bond acceptors (Lipinski definition) is 4. The topological polar surface area (TPSA) is 82.5 Å². The van der Waals surface area contributed by atoms with Gasteiger partial charge in [-0.15, -0.1) is 11.3 Å². The minimum Gasteiger partial charge on any atom is -0.478 e. The molecule has 2 N–H and O–H groups in total. The van der Waals surface area contributed by atoms with Crippen LogP contribution in [0.5, 0.6) is 0 Å². The lowest BCUT2D eigenvalue weighted by Crippen LogP contribution is -2.31. The smallest absolute Gasteiger partial charge is 0.338 e. The first-order chi connectivity index (χ1) is 9.91. The third-order valence-corrected chi connectivity index (χ3v) is 4.24. The first kappa shape index (κ1) is 15.0. The van der Waals surface area contributed by atoms with Gasteiger partial charge in [-0.1, -0.05) is 6.07 Å². The van der Waals surface area contributed by atoms with Crippen molar-refractivity contribution in [2.75, 3.05) is 17.3 Å². The second-order valence-corrected chi connectivity index (χ2v) is 5.69. The number of carbonyl (C=O) groups excluding carboxylic acids is 1. The van der Waals surface area contributed by atoms with Crippen LogP contribution in [0.4, 0.5) is 15.6 Å². The van der Waals surface area contributed by atoms with Crippen LogP contribution in [-0.2, 0) is 0 Å². The van der Waals surface area contributed by atoms with E-state index >= 15 is 0 Å². The van der Waals surface area contributed by atoms with E-state index < -0.39 is 12.0 Å². The van der Waals surface area contributed by atoms with Crippen LogP contribution in [0.15, 0.2) is 24.4 Å². The van der Waals surface area contributed by atoms with E-state index in [1.165, 1.54) is 16.2 Å². The summed E-state index contributed by atoms with van der Waals surface area (Å²) in [6.07, 6.45) is 1.58. The highest BCUT2D eigenvalue weighted by molar-refractivity contribution is 7.16. The zero-order valence-corrected chi connectivity index (χ0v) is 12.7. The van der Waals surface area contributed by atoms with Gasteiger partial charge in [-0.2, -0.15) is 0 Å². The highest BCUT2D eigenvalue weighted by Crippen LogP contribution is 2.32. The van der Waals surface area contributed by atoms with Crippen molar-refractivity contribution in [1.82, 2.24) is 4.98 Å². The van der Waals surface area contributed by atoms with Gasteiger partial charge in [-0.05, 0) is 31.5 Å². The molecule has 2 heterocycles. The molecule has 110 valence electrons. The van der Waals surface area contributed by atoms with E-state index in [2.05, 4.69) is 10.3 Å². The van der Waals surface area contributed by atoms with Crippen molar-refractivity contribution in [3.05, 3.63) is 40.4 Å². The number of urea groups is 1. The summed E-state index contributed by atoms with van der Waals surface area (Å²) in [6, 6.07) is 4.79. The Kier molecular flexibility index (Phi) is 4.23. The Labute approximate surface area is 126 Å². The Hall–Kier alpha value is -2.41. The second kappa shape index (κ2) is 5.92. The van der Waals surface area contributed by atoms with Crippen molar-refractivity contribution < 1.29 is 14.7 Å². The molecule has 2 aromatic rings. The molecule has 0 saturated heterocycles. The molecule has 0 bridgehead atoms. The zero-order valence-electron chi connectivity index (χ0n) is 11.9. The van der Waals surface area contributed by atoms with E-state index in [9.17, 15) is 14.7 Å². The molecule has 0 unspecified atom stereocenters. The summed E-state index contributed by atoms with van der Waals surface area (Å²) in [5, 5.41) is 12.2. The van der Waals surface area contributed by atoms with Gasteiger partial charge in [0.2, 0.25) is 0 Å². The van der Waals surface area contributed by atoms with Crippen molar-refractivity contribution >= 4 is 34.2 Å². The fourth-order valence-electron chi connectivity index (χ4n) is 1.81. The largest absolute Gasteiger partial charge is 0.478 e. The van der Waals surface area contributed by atoms with Gasteiger partial charge in [-0.25, -0.2) is 14.6 Å². The number of thiophene rings is 1. The number of nitrogens with zero attached hydrogens (tertiary/aromatic N) is 2.